The molecule has 3 heteroatoms. The Balaban J connectivity index is 1.93. The summed E-state index contributed by atoms with van der Waals surface area (Å²) in [5, 5.41) is 5.05. The molecule has 0 unspecified atom stereocenters. The lowest BCUT2D eigenvalue weighted by Crippen LogP contribution is -2.15. The first-order valence-corrected chi connectivity index (χ1v) is 6.93. The minimum absolute atomic E-state index is 0.507. The molecule has 0 aliphatic carbocycles. The second-order valence-electron chi connectivity index (χ2n) is 5.06. The molecule has 1 aromatic carbocycles. The van der Waals surface area contributed by atoms with Crippen molar-refractivity contribution in [2.75, 3.05) is 6.54 Å². The van der Waals surface area contributed by atoms with E-state index in [9.17, 15) is 0 Å². The molecule has 18 heavy (non-hydrogen) atoms. The van der Waals surface area contributed by atoms with Gasteiger partial charge in [-0.3, -0.25) is 0 Å². The predicted octanol–water partition coefficient (Wildman–Crippen LogP) is 4.61. The van der Waals surface area contributed by atoms with Crippen molar-refractivity contribution in [3.8, 4) is 0 Å². The minimum atomic E-state index is 0.507. The fourth-order valence-corrected chi connectivity index (χ4v) is 2.33. The topological polar surface area (TPSA) is 25.2 Å². The van der Waals surface area contributed by atoms with E-state index in [2.05, 4.69) is 25.2 Å². The van der Waals surface area contributed by atoms with Crippen molar-refractivity contribution in [1.29, 1.82) is 0 Å². The maximum absolute atomic E-state index is 6.12. The predicted molar refractivity (Wildman–Crippen MR) is 77.0 cm³/mol. The van der Waals surface area contributed by atoms with Crippen LogP contribution in [-0.4, -0.2) is 6.54 Å². The molecule has 0 saturated carbocycles. The third-order valence-electron chi connectivity index (χ3n) is 3.09. The van der Waals surface area contributed by atoms with Crippen LogP contribution >= 0.6 is 11.6 Å². The molecule has 2 nitrogen and oxygen atoms in total. The zero-order chi connectivity index (χ0) is 13.0. The SMILES string of the molecule is CC(C)CCCNCc1c(Cl)oc2ccccc12. The van der Waals surface area contributed by atoms with E-state index >= 15 is 0 Å². The Hall–Kier alpha value is -0.990. The van der Waals surface area contributed by atoms with E-state index in [4.69, 9.17) is 16.0 Å². The second kappa shape index (κ2) is 6.26. The van der Waals surface area contributed by atoms with Crippen molar-refractivity contribution in [3.63, 3.8) is 0 Å². The van der Waals surface area contributed by atoms with Crippen LogP contribution in [-0.2, 0) is 6.54 Å². The molecule has 2 rings (SSSR count). The van der Waals surface area contributed by atoms with E-state index in [0.717, 1.165) is 35.5 Å². The van der Waals surface area contributed by atoms with Crippen molar-refractivity contribution < 1.29 is 4.42 Å². The molecular formula is C15H20ClNO. The number of nitrogens with one attached hydrogen (secondary N) is 1. The molecule has 1 heterocycles. The summed E-state index contributed by atoms with van der Waals surface area (Å²) in [6.07, 6.45) is 2.46. The molecule has 0 aliphatic heterocycles. The Morgan fingerprint density at radius 1 is 1.28 bits per heavy atom. The van der Waals surface area contributed by atoms with Gasteiger partial charge < -0.3 is 9.73 Å². The quantitative estimate of drug-likeness (QED) is 0.772. The third-order valence-corrected chi connectivity index (χ3v) is 3.39. The van der Waals surface area contributed by atoms with Gasteiger partial charge in [0.15, 0.2) is 5.22 Å². The number of hydrogen-bond donors (Lipinski definition) is 1. The van der Waals surface area contributed by atoms with Crippen molar-refractivity contribution >= 4 is 22.6 Å². The molecule has 98 valence electrons. The van der Waals surface area contributed by atoms with E-state index in [1.807, 2.05) is 18.2 Å². The maximum atomic E-state index is 6.12. The molecule has 2 aromatic rings. The monoisotopic (exact) mass is 265 g/mol. The van der Waals surface area contributed by atoms with Gasteiger partial charge in [-0.2, -0.15) is 0 Å². The zero-order valence-corrected chi connectivity index (χ0v) is 11.8. The molecule has 0 saturated heterocycles. The first kappa shape index (κ1) is 13.4. The smallest absolute Gasteiger partial charge is 0.199 e. The van der Waals surface area contributed by atoms with Crippen molar-refractivity contribution in [2.24, 2.45) is 5.92 Å². The van der Waals surface area contributed by atoms with Crippen LogP contribution in [0.25, 0.3) is 11.0 Å². The number of furan rings is 1. The summed E-state index contributed by atoms with van der Waals surface area (Å²) < 4.78 is 5.52. The van der Waals surface area contributed by atoms with E-state index in [1.54, 1.807) is 0 Å². The van der Waals surface area contributed by atoms with E-state index in [-0.39, 0.29) is 0 Å². The highest BCUT2D eigenvalue weighted by Gasteiger charge is 2.10. The lowest BCUT2D eigenvalue weighted by atomic mass is 10.1. The molecular weight excluding hydrogens is 246 g/mol. The molecule has 0 fully saturated rings. The summed E-state index contributed by atoms with van der Waals surface area (Å²) in [5.74, 6) is 0.769. The van der Waals surface area contributed by atoms with Crippen LogP contribution in [0.15, 0.2) is 28.7 Å². The van der Waals surface area contributed by atoms with Gasteiger partial charge in [-0.25, -0.2) is 0 Å². The Kier molecular flexibility index (Phi) is 4.67. The maximum Gasteiger partial charge on any atom is 0.199 e. The van der Waals surface area contributed by atoms with Gasteiger partial charge in [0, 0.05) is 17.5 Å². The van der Waals surface area contributed by atoms with Crippen molar-refractivity contribution in [2.45, 2.75) is 33.2 Å². The number of halogens is 1. The van der Waals surface area contributed by atoms with Crippen molar-refractivity contribution in [3.05, 3.63) is 35.0 Å². The molecule has 1 N–H and O–H groups in total. The average molecular weight is 266 g/mol. The molecule has 0 atom stereocenters. The number of hydrogen-bond acceptors (Lipinski definition) is 2. The van der Waals surface area contributed by atoms with E-state index < -0.39 is 0 Å². The lowest BCUT2D eigenvalue weighted by molar-refractivity contribution is 0.526. The van der Waals surface area contributed by atoms with Gasteiger partial charge in [-0.15, -0.1) is 0 Å². The molecule has 0 spiro atoms. The lowest BCUT2D eigenvalue weighted by Gasteiger charge is -2.06. The number of rotatable bonds is 6. The van der Waals surface area contributed by atoms with Gasteiger partial charge in [0.25, 0.3) is 0 Å². The minimum Gasteiger partial charge on any atom is -0.444 e. The van der Waals surface area contributed by atoms with E-state index in [1.165, 1.54) is 12.8 Å². The van der Waals surface area contributed by atoms with Crippen LogP contribution < -0.4 is 5.32 Å². The molecule has 0 aliphatic rings. The molecule has 0 amide bonds. The second-order valence-corrected chi connectivity index (χ2v) is 5.41. The van der Waals surface area contributed by atoms with Crippen LogP contribution in [0.2, 0.25) is 5.22 Å². The fourth-order valence-electron chi connectivity index (χ4n) is 2.08. The van der Waals surface area contributed by atoms with Crippen LogP contribution in [0.1, 0.15) is 32.3 Å². The molecule has 0 bridgehead atoms. The first-order chi connectivity index (χ1) is 8.68. The largest absolute Gasteiger partial charge is 0.444 e. The number of fused-ring (bicyclic) bond motifs is 1. The Bertz CT molecular complexity index is 504. The van der Waals surface area contributed by atoms with Gasteiger partial charge in [0.1, 0.15) is 5.58 Å². The fraction of sp³-hybridized carbons (Fsp3) is 0.467. The average Bonchev–Trinajstić information content (AvgIpc) is 2.65. The van der Waals surface area contributed by atoms with Crippen LogP contribution in [0.3, 0.4) is 0 Å². The number of benzene rings is 1. The Morgan fingerprint density at radius 2 is 2.06 bits per heavy atom. The zero-order valence-electron chi connectivity index (χ0n) is 11.0. The van der Waals surface area contributed by atoms with Gasteiger partial charge >= 0.3 is 0 Å². The van der Waals surface area contributed by atoms with Crippen LogP contribution in [0, 0.1) is 5.92 Å². The van der Waals surface area contributed by atoms with Crippen LogP contribution in [0.4, 0.5) is 0 Å². The summed E-state index contributed by atoms with van der Waals surface area (Å²) in [4.78, 5) is 0. The summed E-state index contributed by atoms with van der Waals surface area (Å²) in [6.45, 7) is 6.29. The van der Waals surface area contributed by atoms with Gasteiger partial charge in [-0.1, -0.05) is 32.0 Å². The Morgan fingerprint density at radius 3 is 2.83 bits per heavy atom. The van der Waals surface area contributed by atoms with Gasteiger partial charge in [-0.05, 0) is 43.0 Å². The van der Waals surface area contributed by atoms with Crippen LogP contribution in [0.5, 0.6) is 0 Å². The Labute approximate surface area is 113 Å². The molecule has 1 aromatic heterocycles. The first-order valence-electron chi connectivity index (χ1n) is 6.55. The normalized spacial score (nSPS) is 11.6. The summed E-state index contributed by atoms with van der Waals surface area (Å²) in [7, 11) is 0. The summed E-state index contributed by atoms with van der Waals surface area (Å²) in [6, 6.07) is 7.97. The van der Waals surface area contributed by atoms with Gasteiger partial charge in [0.05, 0.1) is 0 Å². The highest BCUT2D eigenvalue weighted by atomic mass is 35.5. The molecule has 0 radical (unpaired) electrons. The van der Waals surface area contributed by atoms with Gasteiger partial charge in [0.2, 0.25) is 0 Å². The third kappa shape index (κ3) is 3.27. The highest BCUT2D eigenvalue weighted by Crippen LogP contribution is 2.29. The number of para-hydroxylation sites is 1. The standard InChI is InChI=1S/C15H20ClNO/c1-11(2)6-5-9-17-10-13-12-7-3-4-8-14(12)18-15(13)16/h3-4,7-8,11,17H,5-6,9-10H2,1-2H3. The highest BCUT2D eigenvalue weighted by molar-refractivity contribution is 6.30. The van der Waals surface area contributed by atoms with E-state index in [0.29, 0.717) is 5.22 Å². The summed E-state index contributed by atoms with van der Waals surface area (Å²) >= 11 is 6.12. The van der Waals surface area contributed by atoms with Crippen molar-refractivity contribution in [1.82, 2.24) is 5.32 Å². The summed E-state index contributed by atoms with van der Waals surface area (Å²) in [5.41, 5.74) is 1.93.